The highest BCUT2D eigenvalue weighted by molar-refractivity contribution is 5.93. The van der Waals surface area contributed by atoms with Gasteiger partial charge in [-0.2, -0.15) is 5.10 Å². The molecule has 0 bridgehead atoms. The lowest BCUT2D eigenvalue weighted by atomic mass is 10.1. The van der Waals surface area contributed by atoms with Crippen molar-refractivity contribution >= 4 is 23.9 Å². The number of likely N-dealkylation sites (tertiary alicyclic amines) is 1. The summed E-state index contributed by atoms with van der Waals surface area (Å²) in [6.45, 7) is 6.88. The van der Waals surface area contributed by atoms with Gasteiger partial charge in [-0.15, -0.1) is 0 Å². The topological polar surface area (TPSA) is 132 Å². The summed E-state index contributed by atoms with van der Waals surface area (Å²) in [6.07, 6.45) is 0.201. The Labute approximate surface area is 181 Å². The van der Waals surface area contributed by atoms with Crippen molar-refractivity contribution in [1.82, 2.24) is 25.3 Å². The van der Waals surface area contributed by atoms with E-state index in [4.69, 9.17) is 4.74 Å². The van der Waals surface area contributed by atoms with Crippen LogP contribution in [-0.4, -0.2) is 76.4 Å². The molecule has 11 heteroatoms. The molecular formula is C20H31N5O6. The lowest BCUT2D eigenvalue weighted by Crippen LogP contribution is -2.48. The highest BCUT2D eigenvalue weighted by Crippen LogP contribution is 2.22. The molecule has 2 N–H and O–H groups in total. The molecule has 2 rings (SSSR count). The van der Waals surface area contributed by atoms with Crippen LogP contribution in [0.4, 0.5) is 4.79 Å². The van der Waals surface area contributed by atoms with Gasteiger partial charge < -0.3 is 20.1 Å². The fourth-order valence-corrected chi connectivity index (χ4v) is 3.23. The summed E-state index contributed by atoms with van der Waals surface area (Å²) in [6, 6.07) is 0.327. The number of hydrogen-bond donors (Lipinski definition) is 2. The van der Waals surface area contributed by atoms with E-state index < -0.39 is 35.7 Å². The first kappa shape index (κ1) is 24.2. The number of esters is 1. The summed E-state index contributed by atoms with van der Waals surface area (Å²) in [5.41, 5.74) is 0.422. The van der Waals surface area contributed by atoms with Crippen LogP contribution in [0, 0.1) is 0 Å². The number of methoxy groups -OCH3 is 1. The van der Waals surface area contributed by atoms with E-state index in [2.05, 4.69) is 20.5 Å². The smallest absolute Gasteiger partial charge is 0.411 e. The number of aromatic nitrogens is 2. The summed E-state index contributed by atoms with van der Waals surface area (Å²) >= 11 is 0. The largest absolute Gasteiger partial charge is 0.468 e. The average Bonchev–Trinajstić information content (AvgIpc) is 3.27. The molecule has 1 aromatic rings. The Bertz CT molecular complexity index is 844. The number of carbonyl (C=O) groups excluding carboxylic acids is 4. The van der Waals surface area contributed by atoms with Gasteiger partial charge in [0.15, 0.2) is 0 Å². The van der Waals surface area contributed by atoms with Gasteiger partial charge in [-0.05, 0) is 39.7 Å². The van der Waals surface area contributed by atoms with Crippen molar-refractivity contribution in [1.29, 1.82) is 0 Å². The Hall–Kier alpha value is -3.11. The second-order valence-electron chi connectivity index (χ2n) is 8.35. The molecule has 1 fully saturated rings. The van der Waals surface area contributed by atoms with Gasteiger partial charge in [-0.3, -0.25) is 24.0 Å². The Morgan fingerprint density at radius 1 is 1.26 bits per heavy atom. The lowest BCUT2D eigenvalue weighted by molar-refractivity contribution is -0.141. The predicted molar refractivity (Wildman–Crippen MR) is 110 cm³/mol. The quantitative estimate of drug-likeness (QED) is 0.615. The molecule has 172 valence electrons. The monoisotopic (exact) mass is 437 g/mol. The number of rotatable bonds is 6. The van der Waals surface area contributed by atoms with E-state index in [1.807, 2.05) is 6.92 Å². The highest BCUT2D eigenvalue weighted by Gasteiger charge is 2.42. The van der Waals surface area contributed by atoms with Crippen molar-refractivity contribution < 1.29 is 28.7 Å². The third-order valence-electron chi connectivity index (χ3n) is 4.73. The SMILES string of the molecule is CCc1cc(C(=O)N[C@@H]2C[C@@H](C(=O)NCC(=O)OC)N(C(=O)OC(C)(C)C)C2)n(C)n1. The van der Waals surface area contributed by atoms with E-state index in [1.54, 1.807) is 33.9 Å². The van der Waals surface area contributed by atoms with Crippen LogP contribution in [-0.2, 0) is 32.5 Å². The third-order valence-corrected chi connectivity index (χ3v) is 4.73. The first-order valence-corrected chi connectivity index (χ1v) is 10.1. The molecule has 31 heavy (non-hydrogen) atoms. The van der Waals surface area contributed by atoms with E-state index in [0.29, 0.717) is 12.1 Å². The van der Waals surface area contributed by atoms with Crippen molar-refractivity contribution in [2.24, 2.45) is 7.05 Å². The number of ether oxygens (including phenoxy) is 2. The number of nitrogens with zero attached hydrogens (tertiary/aromatic N) is 3. The maximum atomic E-state index is 12.7. The Kier molecular flexibility index (Phi) is 7.64. The summed E-state index contributed by atoms with van der Waals surface area (Å²) in [7, 11) is 2.89. The van der Waals surface area contributed by atoms with Crippen molar-refractivity contribution in [3.8, 4) is 0 Å². The summed E-state index contributed by atoms with van der Waals surface area (Å²) < 4.78 is 11.4. The molecule has 0 aromatic carbocycles. The molecule has 0 spiro atoms. The Morgan fingerprint density at radius 3 is 2.48 bits per heavy atom. The molecular weight excluding hydrogens is 406 g/mol. The highest BCUT2D eigenvalue weighted by atomic mass is 16.6. The normalized spacial score (nSPS) is 18.5. The summed E-state index contributed by atoms with van der Waals surface area (Å²) in [4.78, 5) is 50.7. The zero-order valence-corrected chi connectivity index (χ0v) is 18.9. The molecule has 2 heterocycles. The summed E-state index contributed by atoms with van der Waals surface area (Å²) in [5, 5.41) is 9.58. The average molecular weight is 437 g/mol. The molecule has 1 aromatic heterocycles. The summed E-state index contributed by atoms with van der Waals surface area (Å²) in [5.74, 6) is -1.48. The van der Waals surface area contributed by atoms with E-state index in [-0.39, 0.29) is 25.4 Å². The maximum absolute atomic E-state index is 12.7. The first-order valence-electron chi connectivity index (χ1n) is 10.1. The van der Waals surface area contributed by atoms with E-state index in [1.165, 1.54) is 16.7 Å². The van der Waals surface area contributed by atoms with Gasteiger partial charge in [0.1, 0.15) is 23.9 Å². The van der Waals surface area contributed by atoms with Gasteiger partial charge >= 0.3 is 12.1 Å². The van der Waals surface area contributed by atoms with Crippen LogP contribution in [0.2, 0.25) is 0 Å². The number of nitrogens with one attached hydrogen (secondary N) is 2. The minimum absolute atomic E-state index is 0.0927. The van der Waals surface area contributed by atoms with Crippen LogP contribution < -0.4 is 10.6 Å². The zero-order valence-electron chi connectivity index (χ0n) is 18.9. The molecule has 0 radical (unpaired) electrons. The van der Waals surface area contributed by atoms with Gasteiger partial charge in [0.25, 0.3) is 5.91 Å². The molecule has 3 amide bonds. The van der Waals surface area contributed by atoms with Crippen molar-refractivity contribution in [2.45, 2.75) is 58.2 Å². The van der Waals surface area contributed by atoms with Crippen LogP contribution in [0.25, 0.3) is 0 Å². The van der Waals surface area contributed by atoms with Gasteiger partial charge in [0.05, 0.1) is 12.8 Å². The maximum Gasteiger partial charge on any atom is 0.411 e. The molecule has 1 saturated heterocycles. The first-order chi connectivity index (χ1) is 14.4. The van der Waals surface area contributed by atoms with Gasteiger partial charge in [-0.1, -0.05) is 6.92 Å². The minimum Gasteiger partial charge on any atom is -0.468 e. The molecule has 0 aliphatic carbocycles. The second-order valence-corrected chi connectivity index (χ2v) is 8.35. The van der Waals surface area contributed by atoms with Crippen molar-refractivity contribution in [3.05, 3.63) is 17.5 Å². The lowest BCUT2D eigenvalue weighted by Gasteiger charge is -2.27. The standard InChI is InChI=1S/C20H31N5O6/c1-7-12-8-14(24(5)23-12)18(28)22-13-9-15(17(27)21-10-16(26)30-6)25(11-13)19(29)31-20(2,3)4/h8,13,15H,7,9-11H2,1-6H3,(H,21,27)(H,22,28)/t13-,15+/m1/s1. The third kappa shape index (κ3) is 6.43. The zero-order chi connectivity index (χ0) is 23.3. The number of aryl methyl sites for hydroxylation is 2. The van der Waals surface area contributed by atoms with Crippen LogP contribution in [0.1, 0.15) is 50.3 Å². The van der Waals surface area contributed by atoms with Crippen LogP contribution in [0.15, 0.2) is 6.07 Å². The van der Waals surface area contributed by atoms with E-state index in [9.17, 15) is 19.2 Å². The van der Waals surface area contributed by atoms with Crippen molar-refractivity contribution in [3.63, 3.8) is 0 Å². The minimum atomic E-state index is -0.900. The second kappa shape index (κ2) is 9.80. The number of hydrogen-bond acceptors (Lipinski definition) is 7. The van der Waals surface area contributed by atoms with Gasteiger partial charge in [0.2, 0.25) is 5.91 Å². The van der Waals surface area contributed by atoms with Gasteiger partial charge in [0, 0.05) is 19.6 Å². The van der Waals surface area contributed by atoms with Crippen LogP contribution >= 0.6 is 0 Å². The fourth-order valence-electron chi connectivity index (χ4n) is 3.23. The molecule has 1 aliphatic rings. The van der Waals surface area contributed by atoms with Crippen LogP contribution in [0.3, 0.4) is 0 Å². The Morgan fingerprint density at radius 2 is 1.94 bits per heavy atom. The van der Waals surface area contributed by atoms with Gasteiger partial charge in [-0.25, -0.2) is 4.79 Å². The molecule has 0 saturated carbocycles. The predicted octanol–water partition coefficient (Wildman–Crippen LogP) is 0.380. The number of carbonyl (C=O) groups is 4. The molecule has 1 aliphatic heterocycles. The fraction of sp³-hybridized carbons (Fsp3) is 0.650. The number of amides is 3. The molecule has 11 nitrogen and oxygen atoms in total. The van der Waals surface area contributed by atoms with E-state index in [0.717, 1.165) is 5.69 Å². The molecule has 2 atom stereocenters. The van der Waals surface area contributed by atoms with Crippen molar-refractivity contribution in [2.75, 3.05) is 20.2 Å². The molecule has 0 unspecified atom stereocenters. The van der Waals surface area contributed by atoms with Crippen LogP contribution in [0.5, 0.6) is 0 Å². The van der Waals surface area contributed by atoms with E-state index >= 15 is 0 Å². The Balaban J connectivity index is 2.14.